The molecule has 0 aliphatic heterocycles. The Morgan fingerprint density at radius 2 is 1.55 bits per heavy atom. The number of rotatable bonds is 10. The first-order chi connectivity index (χ1) is 15.9. The van der Waals surface area contributed by atoms with Crippen molar-refractivity contribution < 1.29 is 29.2 Å². The van der Waals surface area contributed by atoms with E-state index in [2.05, 4.69) is 0 Å². The lowest BCUT2D eigenvalue weighted by atomic mass is 10.1. The van der Waals surface area contributed by atoms with Gasteiger partial charge in [-0.15, -0.1) is 0 Å². The van der Waals surface area contributed by atoms with Crippen molar-refractivity contribution in [2.24, 2.45) is 0 Å². The highest BCUT2D eigenvalue weighted by Gasteiger charge is 2.07. The van der Waals surface area contributed by atoms with Gasteiger partial charge in [0, 0.05) is 12.2 Å². The number of hydrogen-bond acceptors (Lipinski definition) is 6. The smallest absolute Gasteiger partial charge is 0.307 e. The molecule has 0 spiro atoms. The summed E-state index contributed by atoms with van der Waals surface area (Å²) in [5.74, 6) is 1.65. The molecular weight excluding hydrogens is 422 g/mol. The largest absolute Gasteiger partial charge is 0.497 e. The molecule has 0 radical (unpaired) electrons. The van der Waals surface area contributed by atoms with Gasteiger partial charge in [0.15, 0.2) is 0 Å². The van der Waals surface area contributed by atoms with E-state index >= 15 is 0 Å². The van der Waals surface area contributed by atoms with Crippen molar-refractivity contribution in [3.63, 3.8) is 0 Å². The van der Waals surface area contributed by atoms with E-state index in [0.717, 1.165) is 12.2 Å². The standard InChI is InChI=1S/C23H21NO5.C3H8O/c1-27-18-8-10-19(11-9-18)29-21-7-3-5-17(14-21)22(24)15-28-20-6-2-4-16(12-20)13-23(25)26;1-2-3-4/h2-12,14,24H,13,15H2,1H3,(H,25,26);4H,2-3H2,1H3. The van der Waals surface area contributed by atoms with Gasteiger partial charge in [-0.25, -0.2) is 0 Å². The topological polar surface area (TPSA) is 109 Å². The number of nitrogens with one attached hydrogen (secondary N) is 1. The number of aliphatic hydroxyl groups excluding tert-OH is 1. The second-order valence-electron chi connectivity index (χ2n) is 7.01. The molecule has 0 unspecified atom stereocenters. The van der Waals surface area contributed by atoms with Gasteiger partial charge in [-0.3, -0.25) is 4.79 Å². The monoisotopic (exact) mass is 451 g/mol. The first-order valence-corrected chi connectivity index (χ1v) is 10.5. The third-order valence-corrected chi connectivity index (χ3v) is 4.34. The van der Waals surface area contributed by atoms with Gasteiger partial charge in [-0.05, 0) is 60.5 Å². The number of benzene rings is 3. The van der Waals surface area contributed by atoms with Crippen LogP contribution in [0, 0.1) is 5.41 Å². The molecule has 0 fully saturated rings. The summed E-state index contributed by atoms with van der Waals surface area (Å²) in [4.78, 5) is 10.8. The zero-order valence-electron chi connectivity index (χ0n) is 18.8. The fraction of sp³-hybridized carbons (Fsp3) is 0.231. The van der Waals surface area contributed by atoms with Gasteiger partial charge in [-0.2, -0.15) is 0 Å². The van der Waals surface area contributed by atoms with Crippen LogP contribution in [0.25, 0.3) is 0 Å². The first-order valence-electron chi connectivity index (χ1n) is 10.5. The molecule has 0 aliphatic carbocycles. The van der Waals surface area contributed by atoms with Crippen LogP contribution in [-0.2, 0) is 11.2 Å². The second-order valence-corrected chi connectivity index (χ2v) is 7.01. The Morgan fingerprint density at radius 1 is 0.909 bits per heavy atom. The number of hydrogen-bond donors (Lipinski definition) is 3. The molecular formula is C26H29NO6. The summed E-state index contributed by atoms with van der Waals surface area (Å²) < 4.78 is 16.6. The predicted molar refractivity (Wildman–Crippen MR) is 127 cm³/mol. The van der Waals surface area contributed by atoms with Gasteiger partial charge in [0.25, 0.3) is 0 Å². The molecule has 0 heterocycles. The Labute approximate surface area is 193 Å². The van der Waals surface area contributed by atoms with Crippen LogP contribution in [0.3, 0.4) is 0 Å². The summed E-state index contributed by atoms with van der Waals surface area (Å²) in [6, 6.07) is 21.3. The van der Waals surface area contributed by atoms with E-state index in [1.54, 1.807) is 37.4 Å². The summed E-state index contributed by atoms with van der Waals surface area (Å²) in [5.41, 5.74) is 1.61. The van der Waals surface area contributed by atoms with Crippen molar-refractivity contribution in [3.8, 4) is 23.0 Å². The van der Waals surface area contributed by atoms with Gasteiger partial charge < -0.3 is 29.8 Å². The van der Waals surface area contributed by atoms with E-state index in [9.17, 15) is 4.79 Å². The predicted octanol–water partition coefficient (Wildman–Crippen LogP) is 4.95. The molecule has 0 amide bonds. The Hall–Kier alpha value is -3.84. The van der Waals surface area contributed by atoms with E-state index < -0.39 is 5.97 Å². The van der Waals surface area contributed by atoms with Crippen molar-refractivity contribution in [2.45, 2.75) is 19.8 Å². The normalized spacial score (nSPS) is 9.91. The molecule has 3 aromatic rings. The van der Waals surface area contributed by atoms with E-state index in [-0.39, 0.29) is 18.7 Å². The molecule has 174 valence electrons. The maximum atomic E-state index is 10.8. The highest BCUT2D eigenvalue weighted by Crippen LogP contribution is 2.24. The summed E-state index contributed by atoms with van der Waals surface area (Å²) in [6.07, 6.45) is 0.805. The number of aliphatic carboxylic acids is 1. The van der Waals surface area contributed by atoms with Gasteiger partial charge in [0.05, 0.1) is 19.2 Å². The van der Waals surface area contributed by atoms with Crippen molar-refractivity contribution in [1.82, 2.24) is 0 Å². The minimum atomic E-state index is -0.899. The zero-order valence-corrected chi connectivity index (χ0v) is 18.8. The molecule has 33 heavy (non-hydrogen) atoms. The van der Waals surface area contributed by atoms with Crippen LogP contribution in [0.1, 0.15) is 24.5 Å². The summed E-state index contributed by atoms with van der Waals surface area (Å²) in [7, 11) is 1.61. The van der Waals surface area contributed by atoms with E-state index in [1.807, 2.05) is 49.4 Å². The zero-order chi connectivity index (χ0) is 24.1. The van der Waals surface area contributed by atoms with Gasteiger partial charge in [-0.1, -0.05) is 31.2 Å². The van der Waals surface area contributed by atoms with Crippen molar-refractivity contribution in [3.05, 3.63) is 83.9 Å². The maximum Gasteiger partial charge on any atom is 0.307 e. The minimum absolute atomic E-state index is 0.0580. The fourth-order valence-corrected chi connectivity index (χ4v) is 2.69. The van der Waals surface area contributed by atoms with Crippen molar-refractivity contribution >= 4 is 11.7 Å². The van der Waals surface area contributed by atoms with Gasteiger partial charge >= 0.3 is 5.97 Å². The van der Waals surface area contributed by atoms with Crippen LogP contribution in [0.5, 0.6) is 23.0 Å². The lowest BCUT2D eigenvalue weighted by molar-refractivity contribution is -0.136. The van der Waals surface area contributed by atoms with Crippen LogP contribution >= 0.6 is 0 Å². The van der Waals surface area contributed by atoms with E-state index in [0.29, 0.717) is 35.0 Å². The molecule has 3 N–H and O–H groups in total. The van der Waals surface area contributed by atoms with Crippen LogP contribution < -0.4 is 14.2 Å². The van der Waals surface area contributed by atoms with Crippen LogP contribution in [0.15, 0.2) is 72.8 Å². The third-order valence-electron chi connectivity index (χ3n) is 4.34. The first kappa shape index (κ1) is 25.4. The highest BCUT2D eigenvalue weighted by atomic mass is 16.5. The average Bonchev–Trinajstić information content (AvgIpc) is 2.83. The lowest BCUT2D eigenvalue weighted by Gasteiger charge is -2.11. The molecule has 7 nitrogen and oxygen atoms in total. The second kappa shape index (κ2) is 13.5. The Morgan fingerprint density at radius 3 is 2.18 bits per heavy atom. The fourth-order valence-electron chi connectivity index (χ4n) is 2.69. The number of carbonyl (C=O) groups is 1. The van der Waals surface area contributed by atoms with Crippen LogP contribution in [-0.4, -0.2) is 42.2 Å². The molecule has 0 aliphatic rings. The summed E-state index contributed by atoms with van der Waals surface area (Å²) >= 11 is 0. The molecule has 0 saturated carbocycles. The van der Waals surface area contributed by atoms with Crippen LogP contribution in [0.4, 0.5) is 0 Å². The van der Waals surface area contributed by atoms with Crippen molar-refractivity contribution in [2.75, 3.05) is 20.3 Å². The van der Waals surface area contributed by atoms with Gasteiger partial charge in [0.1, 0.15) is 29.6 Å². The van der Waals surface area contributed by atoms with Gasteiger partial charge in [0.2, 0.25) is 0 Å². The minimum Gasteiger partial charge on any atom is -0.497 e. The number of ether oxygens (including phenoxy) is 3. The highest BCUT2D eigenvalue weighted by molar-refractivity contribution is 5.99. The Bertz CT molecular complexity index is 1030. The van der Waals surface area contributed by atoms with E-state index in [4.69, 9.17) is 29.8 Å². The van der Waals surface area contributed by atoms with Crippen LogP contribution in [0.2, 0.25) is 0 Å². The molecule has 3 rings (SSSR count). The average molecular weight is 452 g/mol. The van der Waals surface area contributed by atoms with Crippen molar-refractivity contribution in [1.29, 1.82) is 5.41 Å². The van der Waals surface area contributed by atoms with E-state index in [1.165, 1.54) is 0 Å². The Balaban J connectivity index is 0.000000890. The quantitative estimate of drug-likeness (QED) is 0.376. The molecule has 0 bridgehead atoms. The third kappa shape index (κ3) is 9.04. The molecule has 0 aromatic heterocycles. The summed E-state index contributed by atoms with van der Waals surface area (Å²) in [6.45, 7) is 2.31. The molecule has 0 saturated heterocycles. The number of methoxy groups -OCH3 is 1. The number of carboxylic acids is 1. The molecule has 0 atom stereocenters. The number of carboxylic acid groups (broad SMARTS) is 1. The SMILES string of the molecule is CCCO.COc1ccc(Oc2cccc(C(=N)COc3cccc(CC(=O)O)c3)c2)cc1. The maximum absolute atomic E-state index is 10.8. The molecule has 7 heteroatoms. The lowest BCUT2D eigenvalue weighted by Crippen LogP contribution is -2.12. The Kier molecular flexibility index (Phi) is 10.4. The molecule has 3 aromatic carbocycles. The number of aliphatic hydroxyl groups is 1. The summed E-state index contributed by atoms with van der Waals surface area (Å²) in [5, 5.41) is 25.0.